The van der Waals surface area contributed by atoms with Crippen LogP contribution in [0, 0.1) is 0 Å². The molecular weight excluding hydrogens is 327 g/mol. The lowest BCUT2D eigenvalue weighted by atomic mass is 10.2. The van der Waals surface area contributed by atoms with Crippen molar-refractivity contribution < 1.29 is 14.3 Å². The van der Waals surface area contributed by atoms with Crippen LogP contribution in [-0.2, 0) is 4.79 Å². The van der Waals surface area contributed by atoms with Crippen LogP contribution in [0.1, 0.15) is 10.4 Å². The van der Waals surface area contributed by atoms with Crippen LogP contribution in [0.2, 0.25) is 10.0 Å². The third-order valence-electron chi connectivity index (χ3n) is 2.62. The Labute approximate surface area is 137 Å². The zero-order chi connectivity index (χ0) is 16.1. The fourth-order valence-corrected chi connectivity index (χ4v) is 2.20. The van der Waals surface area contributed by atoms with Gasteiger partial charge in [-0.3, -0.25) is 9.59 Å². The minimum atomic E-state index is -0.560. The van der Waals surface area contributed by atoms with E-state index in [4.69, 9.17) is 33.7 Å². The number of hydrogen-bond donors (Lipinski definition) is 2. The Balaban J connectivity index is 2.03. The van der Waals surface area contributed by atoms with Crippen LogP contribution in [0.5, 0.6) is 5.75 Å². The largest absolute Gasteiger partial charge is 0.484 e. The van der Waals surface area contributed by atoms with Crippen LogP contribution < -0.4 is 15.8 Å². The van der Waals surface area contributed by atoms with Gasteiger partial charge in [-0.05, 0) is 42.5 Å². The molecule has 0 fully saturated rings. The Morgan fingerprint density at radius 1 is 1.05 bits per heavy atom. The SMILES string of the molecule is NC(=O)COc1ccc(NC(=O)c2cc(Cl)cc(Cl)c2)cc1. The summed E-state index contributed by atoms with van der Waals surface area (Å²) in [6, 6.07) is 11.1. The maximum atomic E-state index is 12.1. The lowest BCUT2D eigenvalue weighted by Crippen LogP contribution is -2.20. The number of benzene rings is 2. The number of amides is 2. The van der Waals surface area contributed by atoms with Gasteiger partial charge in [-0.25, -0.2) is 0 Å². The van der Waals surface area contributed by atoms with Crippen LogP contribution in [0.25, 0.3) is 0 Å². The molecule has 0 bridgehead atoms. The summed E-state index contributed by atoms with van der Waals surface area (Å²) in [5.74, 6) is -0.423. The fraction of sp³-hybridized carbons (Fsp3) is 0.0667. The van der Waals surface area contributed by atoms with E-state index in [9.17, 15) is 9.59 Å². The third-order valence-corrected chi connectivity index (χ3v) is 3.05. The summed E-state index contributed by atoms with van der Waals surface area (Å²) in [6.07, 6.45) is 0. The monoisotopic (exact) mass is 338 g/mol. The molecule has 0 aliphatic rings. The molecule has 0 radical (unpaired) electrons. The number of ether oxygens (including phenoxy) is 1. The first-order valence-electron chi connectivity index (χ1n) is 6.22. The zero-order valence-corrected chi connectivity index (χ0v) is 12.8. The van der Waals surface area contributed by atoms with Gasteiger partial charge in [-0.15, -0.1) is 0 Å². The molecule has 114 valence electrons. The van der Waals surface area contributed by atoms with E-state index in [1.54, 1.807) is 30.3 Å². The van der Waals surface area contributed by atoms with Crippen LogP contribution >= 0.6 is 23.2 Å². The van der Waals surface area contributed by atoms with Crippen molar-refractivity contribution in [2.75, 3.05) is 11.9 Å². The molecule has 0 aliphatic carbocycles. The van der Waals surface area contributed by atoms with Gasteiger partial charge in [0.1, 0.15) is 5.75 Å². The summed E-state index contributed by atoms with van der Waals surface area (Å²) < 4.78 is 5.12. The Bertz CT molecular complexity index is 682. The van der Waals surface area contributed by atoms with Crippen molar-refractivity contribution in [2.24, 2.45) is 5.73 Å². The Hall–Kier alpha value is -2.24. The number of anilines is 1. The van der Waals surface area contributed by atoms with E-state index >= 15 is 0 Å². The molecule has 2 aromatic carbocycles. The first kappa shape index (κ1) is 16.1. The number of rotatable bonds is 5. The highest BCUT2D eigenvalue weighted by atomic mass is 35.5. The van der Waals surface area contributed by atoms with Gasteiger partial charge in [0.25, 0.3) is 11.8 Å². The van der Waals surface area contributed by atoms with E-state index in [2.05, 4.69) is 5.32 Å². The second-order valence-corrected chi connectivity index (χ2v) is 5.26. The van der Waals surface area contributed by atoms with Crippen molar-refractivity contribution in [3.05, 3.63) is 58.1 Å². The van der Waals surface area contributed by atoms with Gasteiger partial charge in [-0.2, -0.15) is 0 Å². The third kappa shape index (κ3) is 4.65. The molecule has 0 atom stereocenters. The van der Waals surface area contributed by atoms with E-state index in [0.717, 1.165) is 0 Å². The van der Waals surface area contributed by atoms with Crippen LogP contribution in [-0.4, -0.2) is 18.4 Å². The molecular formula is C15H12Cl2N2O3. The van der Waals surface area contributed by atoms with E-state index < -0.39 is 5.91 Å². The highest BCUT2D eigenvalue weighted by Crippen LogP contribution is 2.21. The topological polar surface area (TPSA) is 81.4 Å². The molecule has 0 spiro atoms. The first-order chi connectivity index (χ1) is 10.4. The maximum absolute atomic E-state index is 12.1. The molecule has 5 nitrogen and oxygen atoms in total. The summed E-state index contributed by atoms with van der Waals surface area (Å²) in [7, 11) is 0. The fourth-order valence-electron chi connectivity index (χ4n) is 1.68. The Morgan fingerprint density at radius 3 is 2.18 bits per heavy atom. The highest BCUT2D eigenvalue weighted by Gasteiger charge is 2.08. The maximum Gasteiger partial charge on any atom is 0.255 e. The van der Waals surface area contributed by atoms with Crippen molar-refractivity contribution in [3.8, 4) is 5.75 Å². The van der Waals surface area contributed by atoms with Gasteiger partial charge >= 0.3 is 0 Å². The van der Waals surface area contributed by atoms with Crippen molar-refractivity contribution in [3.63, 3.8) is 0 Å². The second-order valence-electron chi connectivity index (χ2n) is 4.39. The van der Waals surface area contributed by atoms with E-state index in [0.29, 0.717) is 27.0 Å². The number of halogens is 2. The number of nitrogens with one attached hydrogen (secondary N) is 1. The van der Waals surface area contributed by atoms with Gasteiger partial charge < -0.3 is 15.8 Å². The number of carbonyl (C=O) groups is 2. The molecule has 7 heteroatoms. The molecule has 0 saturated heterocycles. The van der Waals surface area contributed by atoms with Crippen molar-refractivity contribution in [1.82, 2.24) is 0 Å². The molecule has 0 saturated carbocycles. The average Bonchev–Trinajstić information content (AvgIpc) is 2.45. The van der Waals surface area contributed by atoms with Crippen molar-refractivity contribution in [2.45, 2.75) is 0 Å². The molecule has 0 aromatic heterocycles. The van der Waals surface area contributed by atoms with E-state index in [-0.39, 0.29) is 12.5 Å². The molecule has 2 aromatic rings. The van der Waals surface area contributed by atoms with E-state index in [1.165, 1.54) is 12.1 Å². The number of carbonyl (C=O) groups excluding carboxylic acids is 2. The summed E-state index contributed by atoms with van der Waals surface area (Å²) in [5.41, 5.74) is 5.90. The van der Waals surface area contributed by atoms with Crippen LogP contribution in [0.15, 0.2) is 42.5 Å². The molecule has 2 amide bonds. The summed E-state index contributed by atoms with van der Waals surface area (Å²) in [6.45, 7) is -0.202. The lowest BCUT2D eigenvalue weighted by Gasteiger charge is -2.08. The summed E-state index contributed by atoms with van der Waals surface area (Å²) >= 11 is 11.7. The highest BCUT2D eigenvalue weighted by molar-refractivity contribution is 6.35. The zero-order valence-electron chi connectivity index (χ0n) is 11.3. The molecule has 0 unspecified atom stereocenters. The lowest BCUT2D eigenvalue weighted by molar-refractivity contribution is -0.119. The summed E-state index contributed by atoms with van der Waals surface area (Å²) in [5, 5.41) is 3.47. The molecule has 2 rings (SSSR count). The normalized spacial score (nSPS) is 10.1. The van der Waals surface area contributed by atoms with Crippen molar-refractivity contribution in [1.29, 1.82) is 0 Å². The minimum absolute atomic E-state index is 0.202. The minimum Gasteiger partial charge on any atom is -0.484 e. The van der Waals surface area contributed by atoms with Gasteiger partial charge in [0.2, 0.25) is 0 Å². The van der Waals surface area contributed by atoms with Crippen LogP contribution in [0.3, 0.4) is 0 Å². The molecule has 22 heavy (non-hydrogen) atoms. The standard InChI is InChI=1S/C15H12Cl2N2O3/c16-10-5-9(6-11(17)7-10)15(21)19-12-1-3-13(4-2-12)22-8-14(18)20/h1-7H,8H2,(H2,18,20)(H,19,21). The van der Waals surface area contributed by atoms with Crippen LogP contribution in [0.4, 0.5) is 5.69 Å². The molecule has 0 aliphatic heterocycles. The van der Waals surface area contributed by atoms with Gasteiger partial charge in [0.05, 0.1) is 0 Å². The predicted octanol–water partition coefficient (Wildman–Crippen LogP) is 3.11. The van der Waals surface area contributed by atoms with Gasteiger partial charge in [0.15, 0.2) is 6.61 Å². The number of primary amides is 1. The van der Waals surface area contributed by atoms with Gasteiger partial charge in [0, 0.05) is 21.3 Å². The van der Waals surface area contributed by atoms with Crippen molar-refractivity contribution >= 4 is 40.7 Å². The second kappa shape index (κ2) is 7.15. The quantitative estimate of drug-likeness (QED) is 0.878. The van der Waals surface area contributed by atoms with E-state index in [1.807, 2.05) is 0 Å². The predicted molar refractivity (Wildman–Crippen MR) is 85.5 cm³/mol. The Kier molecular flexibility index (Phi) is 5.25. The smallest absolute Gasteiger partial charge is 0.255 e. The number of nitrogens with two attached hydrogens (primary N) is 1. The average molecular weight is 339 g/mol. The first-order valence-corrected chi connectivity index (χ1v) is 6.98. The molecule has 0 heterocycles. The van der Waals surface area contributed by atoms with Gasteiger partial charge in [-0.1, -0.05) is 23.2 Å². The summed E-state index contributed by atoms with van der Waals surface area (Å²) in [4.78, 5) is 22.7. The molecule has 3 N–H and O–H groups in total. The number of hydrogen-bond acceptors (Lipinski definition) is 3. The Morgan fingerprint density at radius 2 is 1.64 bits per heavy atom.